The van der Waals surface area contributed by atoms with Crippen molar-refractivity contribution in [3.63, 3.8) is 0 Å². The fraction of sp³-hybridized carbons (Fsp3) is 0.188. The van der Waals surface area contributed by atoms with Gasteiger partial charge < -0.3 is 24.1 Å². The van der Waals surface area contributed by atoms with Crippen LogP contribution in [-0.4, -0.2) is 10.2 Å². The van der Waals surface area contributed by atoms with Crippen molar-refractivity contribution >= 4 is 0 Å². The van der Waals surface area contributed by atoms with Gasteiger partial charge in [-0.1, -0.05) is 136 Å². The summed E-state index contributed by atoms with van der Waals surface area (Å²) in [5.41, 5.74) is 2.66. The zero-order valence-corrected chi connectivity index (χ0v) is 24.9. The van der Waals surface area contributed by atoms with Crippen molar-refractivity contribution in [3.8, 4) is 11.5 Å². The van der Waals surface area contributed by atoms with Crippen LogP contribution in [0.2, 0.25) is 0 Å². The summed E-state index contributed by atoms with van der Waals surface area (Å²) >= 11 is 0. The molecular formula is C32H38HfO2-2. The summed E-state index contributed by atoms with van der Waals surface area (Å²) in [5, 5.41) is 17.3. The van der Waals surface area contributed by atoms with E-state index < -0.39 is 0 Å². The Bertz CT molecular complexity index is 918. The van der Waals surface area contributed by atoms with Gasteiger partial charge in [0.25, 0.3) is 0 Å². The van der Waals surface area contributed by atoms with Crippen molar-refractivity contribution in [3.05, 3.63) is 146 Å². The van der Waals surface area contributed by atoms with E-state index in [2.05, 4.69) is 65.8 Å². The second-order valence-electron chi connectivity index (χ2n) is 9.17. The maximum atomic E-state index is 8.63. The Morgan fingerprint density at radius 3 is 0.743 bits per heavy atom. The Morgan fingerprint density at radius 1 is 0.429 bits per heavy atom. The summed E-state index contributed by atoms with van der Waals surface area (Å²) in [7, 11) is 0. The van der Waals surface area contributed by atoms with Crippen LogP contribution in [-0.2, 0) is 36.7 Å². The summed E-state index contributed by atoms with van der Waals surface area (Å²) in [6.07, 6.45) is 0. The number of phenolic OH excluding ortho intramolecular Hbond substituents is 2. The van der Waals surface area contributed by atoms with Gasteiger partial charge in [-0.3, -0.25) is 0 Å². The largest absolute Gasteiger partial charge is 0.508 e. The number of hydrogen-bond acceptors (Lipinski definition) is 2. The van der Waals surface area contributed by atoms with Crippen LogP contribution in [0.15, 0.2) is 121 Å². The normalized spacial score (nSPS) is 10.0. The SMILES string of the molecule is Oc1ccccc1.Oc1ccccc1.[CH2-]C(C)(C)c1ccccc1.[CH2-]C(C)(C)c1ccccc1.[Hf]. The van der Waals surface area contributed by atoms with E-state index in [0.29, 0.717) is 11.5 Å². The van der Waals surface area contributed by atoms with E-state index in [1.54, 1.807) is 48.5 Å². The quantitative estimate of drug-likeness (QED) is 0.172. The number of aromatic hydroxyl groups is 2. The fourth-order valence-electron chi connectivity index (χ4n) is 2.63. The molecule has 184 valence electrons. The minimum Gasteiger partial charge on any atom is -0.508 e. The Morgan fingerprint density at radius 2 is 0.629 bits per heavy atom. The Labute approximate surface area is 231 Å². The second kappa shape index (κ2) is 16.9. The minimum atomic E-state index is 0. The molecule has 4 rings (SSSR count). The van der Waals surface area contributed by atoms with Gasteiger partial charge in [0.15, 0.2) is 0 Å². The first-order chi connectivity index (χ1) is 16.0. The Hall–Kier alpha value is -2.65. The van der Waals surface area contributed by atoms with Gasteiger partial charge in [0.2, 0.25) is 0 Å². The van der Waals surface area contributed by atoms with Crippen LogP contribution in [0.1, 0.15) is 38.8 Å². The Kier molecular flexibility index (Phi) is 15.6. The number of hydrogen-bond donors (Lipinski definition) is 2. The predicted octanol–water partition coefficient (Wildman–Crippen LogP) is 8.38. The predicted molar refractivity (Wildman–Crippen MR) is 146 cm³/mol. The van der Waals surface area contributed by atoms with Crippen LogP contribution in [0, 0.1) is 13.8 Å². The van der Waals surface area contributed by atoms with Crippen LogP contribution in [0.4, 0.5) is 0 Å². The van der Waals surface area contributed by atoms with Crippen LogP contribution in [0.3, 0.4) is 0 Å². The topological polar surface area (TPSA) is 40.5 Å². The molecule has 35 heavy (non-hydrogen) atoms. The minimum absolute atomic E-state index is 0. The van der Waals surface area contributed by atoms with E-state index >= 15 is 0 Å². The molecule has 0 aliphatic rings. The van der Waals surface area contributed by atoms with Gasteiger partial charge in [0.1, 0.15) is 11.5 Å². The van der Waals surface area contributed by atoms with Crippen molar-refractivity contribution in [1.29, 1.82) is 0 Å². The average Bonchev–Trinajstić information content (AvgIpc) is 2.82. The first-order valence-electron chi connectivity index (χ1n) is 11.3. The molecule has 0 atom stereocenters. The molecule has 0 heterocycles. The smallest absolute Gasteiger partial charge is 0.115 e. The molecule has 0 radical (unpaired) electrons. The van der Waals surface area contributed by atoms with E-state index in [0.717, 1.165) is 0 Å². The molecule has 0 spiro atoms. The van der Waals surface area contributed by atoms with E-state index in [4.69, 9.17) is 10.2 Å². The Balaban J connectivity index is 0.000000442. The van der Waals surface area contributed by atoms with Crippen LogP contribution in [0.25, 0.3) is 0 Å². The molecule has 0 amide bonds. The van der Waals surface area contributed by atoms with Crippen LogP contribution < -0.4 is 0 Å². The zero-order chi connectivity index (χ0) is 25.5. The molecule has 2 N–H and O–H groups in total. The van der Waals surface area contributed by atoms with Gasteiger partial charge >= 0.3 is 0 Å². The van der Waals surface area contributed by atoms with Gasteiger partial charge in [0, 0.05) is 25.8 Å². The van der Waals surface area contributed by atoms with Gasteiger partial charge in [0.05, 0.1) is 0 Å². The summed E-state index contributed by atoms with van der Waals surface area (Å²) in [6.45, 7) is 16.5. The molecular weight excluding hydrogens is 595 g/mol. The monoisotopic (exact) mass is 634 g/mol. The second-order valence-corrected chi connectivity index (χ2v) is 9.17. The summed E-state index contributed by atoms with van der Waals surface area (Å²) < 4.78 is 0. The maximum Gasteiger partial charge on any atom is 0.115 e. The molecule has 0 unspecified atom stereocenters. The molecule has 0 aromatic heterocycles. The summed E-state index contributed by atoms with van der Waals surface area (Å²) in [5.74, 6) is 0.644. The van der Waals surface area contributed by atoms with Gasteiger partial charge in [-0.05, 0) is 24.3 Å². The molecule has 0 bridgehead atoms. The zero-order valence-electron chi connectivity index (χ0n) is 21.4. The van der Waals surface area contributed by atoms with Crippen molar-refractivity contribution in [2.75, 3.05) is 0 Å². The first kappa shape index (κ1) is 32.4. The maximum absolute atomic E-state index is 8.63. The molecule has 0 aliphatic carbocycles. The third-order valence-electron chi connectivity index (χ3n) is 4.62. The van der Waals surface area contributed by atoms with Crippen molar-refractivity contribution in [2.24, 2.45) is 0 Å². The number of benzene rings is 4. The van der Waals surface area contributed by atoms with Gasteiger partial charge in [-0.15, -0.1) is 10.8 Å². The van der Waals surface area contributed by atoms with E-state index in [9.17, 15) is 0 Å². The van der Waals surface area contributed by atoms with Crippen molar-refractivity contribution in [1.82, 2.24) is 0 Å². The van der Waals surface area contributed by atoms with Gasteiger partial charge in [-0.25, -0.2) is 0 Å². The van der Waals surface area contributed by atoms with Crippen LogP contribution in [0.5, 0.6) is 11.5 Å². The van der Waals surface area contributed by atoms with Crippen LogP contribution >= 0.6 is 0 Å². The van der Waals surface area contributed by atoms with Crippen molar-refractivity contribution < 1.29 is 36.1 Å². The van der Waals surface area contributed by atoms with E-state index in [1.807, 2.05) is 48.5 Å². The molecule has 0 saturated carbocycles. The third kappa shape index (κ3) is 15.8. The fourth-order valence-corrected chi connectivity index (χ4v) is 2.63. The number of phenols is 2. The standard InChI is InChI=1S/2C10H13.2C6H6O.Hf/c2*1-10(2,3)9-7-5-4-6-8-9;2*7-6-4-2-1-3-5-6;/h2*4-8H,1H2,2-3H3;2*1-5,7H;/q2*-1;;;. The number of para-hydroxylation sites is 2. The molecule has 0 aliphatic heterocycles. The molecule has 2 nitrogen and oxygen atoms in total. The first-order valence-corrected chi connectivity index (χ1v) is 11.3. The molecule has 0 saturated heterocycles. The third-order valence-corrected chi connectivity index (χ3v) is 4.62. The average molecular weight is 633 g/mol. The van der Waals surface area contributed by atoms with Crippen molar-refractivity contribution in [2.45, 2.75) is 38.5 Å². The molecule has 4 aromatic carbocycles. The summed E-state index contributed by atoms with van der Waals surface area (Å²) in [4.78, 5) is 0. The van der Waals surface area contributed by atoms with Gasteiger partial charge in [-0.2, -0.15) is 0 Å². The van der Waals surface area contributed by atoms with E-state index in [1.165, 1.54) is 11.1 Å². The molecule has 0 fully saturated rings. The van der Waals surface area contributed by atoms with E-state index in [-0.39, 0.29) is 36.7 Å². The summed E-state index contributed by atoms with van der Waals surface area (Å²) in [6, 6.07) is 38.1. The molecule has 4 aromatic rings. The molecule has 3 heteroatoms. The number of rotatable bonds is 2.